The predicted octanol–water partition coefficient (Wildman–Crippen LogP) is 4.55. The average Bonchev–Trinajstić information content (AvgIpc) is 3.30. The van der Waals surface area contributed by atoms with Crippen LogP contribution in [-0.2, 0) is 13.1 Å². The summed E-state index contributed by atoms with van der Waals surface area (Å²) in [6.07, 6.45) is 3.56. The predicted molar refractivity (Wildman–Crippen MR) is 129 cm³/mol. The molecule has 0 bridgehead atoms. The number of nitrogens with zero attached hydrogens (tertiary/aromatic N) is 3. The number of carbonyl (C=O) groups is 1. The molecule has 3 heterocycles. The number of nitrogens with one attached hydrogen (secondary N) is 1. The van der Waals surface area contributed by atoms with Crippen LogP contribution in [0.15, 0.2) is 73.1 Å². The van der Waals surface area contributed by atoms with Crippen molar-refractivity contribution in [1.29, 1.82) is 0 Å². The minimum atomic E-state index is -0.143. The number of hydrogen-bond acceptors (Lipinski definition) is 5. The van der Waals surface area contributed by atoms with Gasteiger partial charge in [0.1, 0.15) is 17.2 Å². The van der Waals surface area contributed by atoms with Gasteiger partial charge in [-0.25, -0.2) is 9.97 Å². The van der Waals surface area contributed by atoms with Crippen molar-refractivity contribution in [2.24, 2.45) is 0 Å². The van der Waals surface area contributed by atoms with Crippen molar-refractivity contribution < 1.29 is 9.90 Å². The average molecular weight is 438 g/mol. The second-order valence-electron chi connectivity index (χ2n) is 8.10. The summed E-state index contributed by atoms with van der Waals surface area (Å²) in [5.74, 6) is 0.497. The number of phenolic OH excluding ortho intramolecular Hbond substituents is 1. The number of carbonyl (C=O) groups excluding carboxylic acids is 1. The summed E-state index contributed by atoms with van der Waals surface area (Å²) in [5.41, 5.74) is 10.5. The number of H-pyrrole nitrogens is 1. The van der Waals surface area contributed by atoms with E-state index < -0.39 is 0 Å². The van der Waals surface area contributed by atoms with Crippen molar-refractivity contribution in [3.05, 3.63) is 95.3 Å². The van der Waals surface area contributed by atoms with Gasteiger partial charge >= 0.3 is 0 Å². The van der Waals surface area contributed by atoms with E-state index in [1.165, 1.54) is 0 Å². The van der Waals surface area contributed by atoms with E-state index in [1.54, 1.807) is 29.3 Å². The number of aryl methyl sites for hydroxylation is 1. The van der Waals surface area contributed by atoms with Crippen LogP contribution in [0.25, 0.3) is 21.9 Å². The van der Waals surface area contributed by atoms with E-state index in [2.05, 4.69) is 15.0 Å². The number of rotatable bonds is 5. The standard InChI is InChI=1S/C26H23N5O2/c1-16-12-20-13-17(6-7-22(20)30-24(16)27)26(33)31(15-19-4-2-3-5-23(19)32)14-18-8-10-28-25-21(18)9-11-29-25/h2-13,32H,14-15H2,1H3,(H2,27,30)(H,28,29). The number of hydrogen-bond donors (Lipinski definition) is 3. The van der Waals surface area contributed by atoms with E-state index in [-0.39, 0.29) is 18.2 Å². The largest absolute Gasteiger partial charge is 0.508 e. The van der Waals surface area contributed by atoms with Crippen LogP contribution in [0.1, 0.15) is 27.0 Å². The van der Waals surface area contributed by atoms with E-state index in [0.29, 0.717) is 23.5 Å². The SMILES string of the molecule is Cc1cc2cc(C(=O)N(Cc3ccccc3O)Cc3ccnc4[nH]ccc34)ccc2nc1N. The van der Waals surface area contributed by atoms with Crippen molar-refractivity contribution in [2.45, 2.75) is 20.0 Å². The van der Waals surface area contributed by atoms with Crippen LogP contribution in [-0.4, -0.2) is 30.9 Å². The Hall–Kier alpha value is -4.39. The second-order valence-corrected chi connectivity index (χ2v) is 8.10. The molecule has 0 aliphatic rings. The highest BCUT2D eigenvalue weighted by Crippen LogP contribution is 2.25. The maximum Gasteiger partial charge on any atom is 0.254 e. The van der Waals surface area contributed by atoms with Crippen LogP contribution in [0.3, 0.4) is 0 Å². The molecule has 5 aromatic rings. The number of pyridine rings is 2. The van der Waals surface area contributed by atoms with Gasteiger partial charge < -0.3 is 20.7 Å². The number of fused-ring (bicyclic) bond motifs is 2. The highest BCUT2D eigenvalue weighted by molar-refractivity contribution is 5.98. The van der Waals surface area contributed by atoms with Crippen molar-refractivity contribution in [2.75, 3.05) is 5.73 Å². The van der Waals surface area contributed by atoms with Crippen molar-refractivity contribution in [1.82, 2.24) is 19.9 Å². The smallest absolute Gasteiger partial charge is 0.254 e. The molecule has 0 saturated heterocycles. The number of para-hydroxylation sites is 1. The molecule has 0 radical (unpaired) electrons. The van der Waals surface area contributed by atoms with Crippen LogP contribution in [0.4, 0.5) is 5.82 Å². The molecule has 2 aromatic carbocycles. The lowest BCUT2D eigenvalue weighted by atomic mass is 10.1. The molecule has 0 unspecified atom stereocenters. The van der Waals surface area contributed by atoms with Gasteiger partial charge in [0, 0.05) is 47.4 Å². The van der Waals surface area contributed by atoms with Crippen LogP contribution < -0.4 is 5.73 Å². The van der Waals surface area contributed by atoms with Crippen LogP contribution in [0.5, 0.6) is 5.75 Å². The first-order valence-corrected chi connectivity index (χ1v) is 10.6. The topological polar surface area (TPSA) is 108 Å². The molecular weight excluding hydrogens is 414 g/mol. The molecule has 0 saturated carbocycles. The Kier molecular flexibility index (Phi) is 5.14. The van der Waals surface area contributed by atoms with Gasteiger partial charge in [0.25, 0.3) is 5.91 Å². The highest BCUT2D eigenvalue weighted by Gasteiger charge is 2.20. The normalized spacial score (nSPS) is 11.2. The van der Waals surface area contributed by atoms with Gasteiger partial charge in [-0.15, -0.1) is 0 Å². The third-order valence-corrected chi connectivity index (χ3v) is 5.84. The Labute approximate surface area is 190 Å². The van der Waals surface area contributed by atoms with Gasteiger partial charge in [-0.2, -0.15) is 0 Å². The second kappa shape index (κ2) is 8.27. The minimum Gasteiger partial charge on any atom is -0.508 e. The summed E-state index contributed by atoms with van der Waals surface area (Å²) in [6, 6.07) is 18.3. The molecule has 0 atom stereocenters. The monoisotopic (exact) mass is 437 g/mol. The summed E-state index contributed by atoms with van der Waals surface area (Å²) < 4.78 is 0. The zero-order valence-corrected chi connectivity index (χ0v) is 18.1. The summed E-state index contributed by atoms with van der Waals surface area (Å²) in [6.45, 7) is 2.52. The lowest BCUT2D eigenvalue weighted by Gasteiger charge is -2.24. The lowest BCUT2D eigenvalue weighted by molar-refractivity contribution is 0.0730. The summed E-state index contributed by atoms with van der Waals surface area (Å²) in [4.78, 5) is 27.3. The number of aromatic nitrogens is 3. The number of aromatic hydroxyl groups is 1. The maximum absolute atomic E-state index is 13.7. The fourth-order valence-corrected chi connectivity index (χ4v) is 4.02. The van der Waals surface area contributed by atoms with Gasteiger partial charge in [0.2, 0.25) is 0 Å². The Morgan fingerprint density at radius 2 is 1.88 bits per heavy atom. The molecule has 0 aliphatic heterocycles. The number of aromatic amines is 1. The Balaban J connectivity index is 1.55. The fraction of sp³-hybridized carbons (Fsp3) is 0.115. The Morgan fingerprint density at radius 1 is 1.06 bits per heavy atom. The third-order valence-electron chi connectivity index (χ3n) is 5.84. The summed E-state index contributed by atoms with van der Waals surface area (Å²) in [5, 5.41) is 12.2. The summed E-state index contributed by atoms with van der Waals surface area (Å²) in [7, 11) is 0. The zero-order valence-electron chi connectivity index (χ0n) is 18.1. The number of phenols is 1. The molecule has 3 aromatic heterocycles. The first-order valence-electron chi connectivity index (χ1n) is 10.6. The fourth-order valence-electron chi connectivity index (χ4n) is 4.02. The molecule has 1 amide bonds. The molecule has 164 valence electrons. The molecule has 4 N–H and O–H groups in total. The van der Waals surface area contributed by atoms with Gasteiger partial charge in [-0.1, -0.05) is 18.2 Å². The highest BCUT2D eigenvalue weighted by atomic mass is 16.3. The minimum absolute atomic E-state index is 0.143. The third kappa shape index (κ3) is 3.96. The van der Waals surface area contributed by atoms with Crippen LogP contribution in [0, 0.1) is 6.92 Å². The van der Waals surface area contributed by atoms with E-state index >= 15 is 0 Å². The van der Waals surface area contributed by atoms with E-state index in [9.17, 15) is 9.90 Å². The summed E-state index contributed by atoms with van der Waals surface area (Å²) >= 11 is 0. The number of nitrogen functional groups attached to an aromatic ring is 1. The lowest BCUT2D eigenvalue weighted by Crippen LogP contribution is -2.30. The quantitative estimate of drug-likeness (QED) is 0.374. The van der Waals surface area contributed by atoms with Crippen molar-refractivity contribution in [3.8, 4) is 5.75 Å². The molecule has 7 nitrogen and oxygen atoms in total. The maximum atomic E-state index is 13.7. The van der Waals surface area contributed by atoms with E-state index in [0.717, 1.165) is 33.1 Å². The van der Waals surface area contributed by atoms with Gasteiger partial charge in [0.15, 0.2) is 0 Å². The van der Waals surface area contributed by atoms with Crippen molar-refractivity contribution in [3.63, 3.8) is 0 Å². The first kappa shape index (κ1) is 20.5. The number of nitrogens with two attached hydrogens (primary N) is 1. The van der Waals surface area contributed by atoms with Crippen molar-refractivity contribution >= 4 is 33.7 Å². The zero-order chi connectivity index (χ0) is 22.9. The molecular formula is C26H23N5O2. The van der Waals surface area contributed by atoms with E-state index in [4.69, 9.17) is 5.73 Å². The van der Waals surface area contributed by atoms with Gasteiger partial charge in [-0.05, 0) is 60.5 Å². The Morgan fingerprint density at radius 3 is 2.73 bits per heavy atom. The molecule has 0 fully saturated rings. The van der Waals surface area contributed by atoms with Crippen LogP contribution in [0.2, 0.25) is 0 Å². The molecule has 33 heavy (non-hydrogen) atoms. The molecule has 7 heteroatoms. The molecule has 0 spiro atoms. The Bertz CT molecular complexity index is 1490. The number of anilines is 1. The number of amides is 1. The van der Waals surface area contributed by atoms with E-state index in [1.807, 2.05) is 55.6 Å². The molecule has 0 aliphatic carbocycles. The first-order chi connectivity index (χ1) is 16.0. The molecule has 5 rings (SSSR count). The van der Waals surface area contributed by atoms with Crippen LogP contribution >= 0.6 is 0 Å². The van der Waals surface area contributed by atoms with Gasteiger partial charge in [-0.3, -0.25) is 4.79 Å². The number of benzene rings is 2. The van der Waals surface area contributed by atoms with Gasteiger partial charge in [0.05, 0.1) is 5.52 Å².